The number of hydrogen-bond acceptors (Lipinski definition) is 3. The van der Waals surface area contributed by atoms with Gasteiger partial charge in [-0.15, -0.1) is 0 Å². The van der Waals surface area contributed by atoms with Crippen molar-refractivity contribution >= 4 is 6.09 Å². The van der Waals surface area contributed by atoms with Crippen LogP contribution in [0.1, 0.15) is 46.1 Å². The van der Waals surface area contributed by atoms with Gasteiger partial charge >= 0.3 is 6.09 Å². The Morgan fingerprint density at radius 2 is 1.86 bits per heavy atom. The van der Waals surface area contributed by atoms with Crippen molar-refractivity contribution in [1.82, 2.24) is 5.32 Å². The van der Waals surface area contributed by atoms with Crippen molar-refractivity contribution in [2.45, 2.75) is 52.6 Å². The van der Waals surface area contributed by atoms with E-state index in [1.165, 1.54) is 0 Å². The first-order chi connectivity index (χ1) is 10.3. The molecular formula is C18H29NO3. The van der Waals surface area contributed by atoms with Crippen molar-refractivity contribution < 1.29 is 14.6 Å². The SMILES string of the molecule is CCCC(CO)(CNC(=O)OC(C)(C)C)Cc1ccccc1. The quantitative estimate of drug-likeness (QED) is 0.810. The van der Waals surface area contributed by atoms with Crippen LogP contribution in [0.3, 0.4) is 0 Å². The molecule has 0 aliphatic heterocycles. The van der Waals surface area contributed by atoms with Crippen LogP contribution in [0.4, 0.5) is 4.79 Å². The van der Waals surface area contributed by atoms with E-state index in [0.717, 1.165) is 24.8 Å². The van der Waals surface area contributed by atoms with Gasteiger partial charge in [0.1, 0.15) is 5.60 Å². The second-order valence-electron chi connectivity index (χ2n) is 6.93. The molecule has 1 amide bonds. The number of aliphatic hydroxyl groups is 1. The summed E-state index contributed by atoms with van der Waals surface area (Å²) in [5.74, 6) is 0. The van der Waals surface area contributed by atoms with E-state index in [1.54, 1.807) is 0 Å². The highest BCUT2D eigenvalue weighted by Gasteiger charge is 2.30. The number of carbonyl (C=O) groups is 1. The lowest BCUT2D eigenvalue weighted by atomic mass is 9.78. The maximum Gasteiger partial charge on any atom is 0.407 e. The second-order valence-corrected chi connectivity index (χ2v) is 6.93. The van der Waals surface area contributed by atoms with Crippen molar-refractivity contribution in [3.05, 3.63) is 35.9 Å². The molecule has 0 spiro atoms. The van der Waals surface area contributed by atoms with E-state index in [-0.39, 0.29) is 12.0 Å². The summed E-state index contributed by atoms with van der Waals surface area (Å²) >= 11 is 0. The van der Waals surface area contributed by atoms with Crippen molar-refractivity contribution in [3.8, 4) is 0 Å². The smallest absolute Gasteiger partial charge is 0.407 e. The van der Waals surface area contributed by atoms with Gasteiger partial charge in [0.15, 0.2) is 0 Å². The van der Waals surface area contributed by atoms with E-state index in [1.807, 2.05) is 51.1 Å². The van der Waals surface area contributed by atoms with E-state index < -0.39 is 11.7 Å². The van der Waals surface area contributed by atoms with Crippen molar-refractivity contribution in [2.24, 2.45) is 5.41 Å². The molecule has 1 atom stereocenters. The highest BCUT2D eigenvalue weighted by atomic mass is 16.6. The molecule has 0 aliphatic carbocycles. The minimum atomic E-state index is -0.518. The lowest BCUT2D eigenvalue weighted by Crippen LogP contribution is -2.43. The Morgan fingerprint density at radius 3 is 2.36 bits per heavy atom. The van der Waals surface area contributed by atoms with Gasteiger partial charge in [0.2, 0.25) is 0 Å². The molecule has 4 heteroatoms. The predicted molar refractivity (Wildman–Crippen MR) is 88.8 cm³/mol. The molecule has 1 unspecified atom stereocenters. The van der Waals surface area contributed by atoms with Crippen LogP contribution in [-0.2, 0) is 11.2 Å². The van der Waals surface area contributed by atoms with Crippen molar-refractivity contribution in [1.29, 1.82) is 0 Å². The molecule has 1 aromatic carbocycles. The lowest BCUT2D eigenvalue weighted by molar-refractivity contribution is 0.0455. The zero-order chi connectivity index (χ0) is 16.6. The molecule has 0 heterocycles. The minimum absolute atomic E-state index is 0.0333. The van der Waals surface area contributed by atoms with Gasteiger partial charge < -0.3 is 15.2 Å². The molecule has 4 nitrogen and oxygen atoms in total. The summed E-state index contributed by atoms with van der Waals surface area (Å²) < 4.78 is 5.27. The number of carbonyl (C=O) groups excluding carboxylic acids is 1. The number of benzene rings is 1. The average molecular weight is 307 g/mol. The zero-order valence-electron chi connectivity index (χ0n) is 14.2. The fourth-order valence-electron chi connectivity index (χ4n) is 2.56. The Bertz CT molecular complexity index is 453. The Kier molecular flexibility index (Phi) is 6.88. The van der Waals surface area contributed by atoms with Gasteiger partial charge in [-0.25, -0.2) is 4.79 Å². The number of alkyl carbamates (subject to hydrolysis) is 1. The Morgan fingerprint density at radius 1 is 1.23 bits per heavy atom. The zero-order valence-corrected chi connectivity index (χ0v) is 14.2. The van der Waals surface area contributed by atoms with E-state index >= 15 is 0 Å². The van der Waals surface area contributed by atoms with Crippen LogP contribution in [0, 0.1) is 5.41 Å². The largest absolute Gasteiger partial charge is 0.444 e. The van der Waals surface area contributed by atoms with Gasteiger partial charge in [0.25, 0.3) is 0 Å². The van der Waals surface area contributed by atoms with Gasteiger partial charge in [-0.2, -0.15) is 0 Å². The Balaban J connectivity index is 2.73. The third kappa shape index (κ3) is 6.48. The number of nitrogens with one attached hydrogen (secondary N) is 1. The maximum absolute atomic E-state index is 11.9. The van der Waals surface area contributed by atoms with Gasteiger partial charge in [-0.05, 0) is 39.2 Å². The molecule has 0 saturated carbocycles. The Labute approximate surface area is 133 Å². The number of aliphatic hydroxyl groups excluding tert-OH is 1. The average Bonchev–Trinajstić information content (AvgIpc) is 2.44. The van der Waals surface area contributed by atoms with E-state index in [0.29, 0.717) is 6.54 Å². The van der Waals surface area contributed by atoms with Gasteiger partial charge in [-0.1, -0.05) is 43.7 Å². The molecule has 0 aliphatic rings. The summed E-state index contributed by atoms with van der Waals surface area (Å²) in [5.41, 5.74) is 0.291. The van der Waals surface area contributed by atoms with Crippen LogP contribution in [0.25, 0.3) is 0 Å². The van der Waals surface area contributed by atoms with E-state index in [2.05, 4.69) is 12.2 Å². The predicted octanol–water partition coefficient (Wildman–Crippen LogP) is 3.53. The van der Waals surface area contributed by atoms with Crippen molar-refractivity contribution in [2.75, 3.05) is 13.2 Å². The molecule has 0 bridgehead atoms. The monoisotopic (exact) mass is 307 g/mol. The fourth-order valence-corrected chi connectivity index (χ4v) is 2.56. The Hall–Kier alpha value is -1.55. The summed E-state index contributed by atoms with van der Waals surface area (Å²) in [4.78, 5) is 11.9. The third-order valence-electron chi connectivity index (χ3n) is 3.54. The molecule has 22 heavy (non-hydrogen) atoms. The molecular weight excluding hydrogens is 278 g/mol. The van der Waals surface area contributed by atoms with Crippen LogP contribution in [0.15, 0.2) is 30.3 Å². The van der Waals surface area contributed by atoms with Gasteiger partial charge in [0.05, 0.1) is 6.61 Å². The third-order valence-corrected chi connectivity index (χ3v) is 3.54. The molecule has 2 N–H and O–H groups in total. The van der Waals surface area contributed by atoms with Crippen LogP contribution in [-0.4, -0.2) is 30.0 Å². The molecule has 1 rings (SSSR count). The first-order valence-electron chi connectivity index (χ1n) is 7.92. The number of amides is 1. The molecule has 0 radical (unpaired) electrons. The molecule has 1 aromatic rings. The highest BCUT2D eigenvalue weighted by molar-refractivity contribution is 5.67. The van der Waals surface area contributed by atoms with Crippen LogP contribution >= 0.6 is 0 Å². The molecule has 0 fully saturated rings. The van der Waals surface area contributed by atoms with Crippen LogP contribution in [0.5, 0.6) is 0 Å². The van der Waals surface area contributed by atoms with Crippen LogP contribution in [0.2, 0.25) is 0 Å². The van der Waals surface area contributed by atoms with Gasteiger partial charge in [0, 0.05) is 12.0 Å². The number of rotatable bonds is 7. The van der Waals surface area contributed by atoms with E-state index in [4.69, 9.17) is 4.74 Å². The molecule has 124 valence electrons. The molecule has 0 saturated heterocycles. The van der Waals surface area contributed by atoms with Crippen LogP contribution < -0.4 is 5.32 Å². The summed E-state index contributed by atoms with van der Waals surface area (Å²) in [5, 5.41) is 12.7. The standard InChI is InChI=1S/C18H29NO3/c1-5-11-18(14-20,12-15-9-7-6-8-10-15)13-19-16(21)22-17(2,3)4/h6-10,20H,5,11-14H2,1-4H3,(H,19,21). The molecule has 0 aromatic heterocycles. The first-order valence-corrected chi connectivity index (χ1v) is 7.92. The summed E-state index contributed by atoms with van der Waals surface area (Å²) in [7, 11) is 0. The first kappa shape index (κ1) is 18.5. The summed E-state index contributed by atoms with van der Waals surface area (Å²) in [6.07, 6.45) is 2.08. The second kappa shape index (κ2) is 8.18. The van der Waals surface area contributed by atoms with Gasteiger partial charge in [-0.3, -0.25) is 0 Å². The number of hydrogen-bond donors (Lipinski definition) is 2. The fraction of sp³-hybridized carbons (Fsp3) is 0.611. The summed E-state index contributed by atoms with van der Waals surface area (Å²) in [6.45, 7) is 8.03. The van der Waals surface area contributed by atoms with E-state index in [9.17, 15) is 9.90 Å². The number of ether oxygens (including phenoxy) is 1. The topological polar surface area (TPSA) is 58.6 Å². The van der Waals surface area contributed by atoms with Crippen molar-refractivity contribution in [3.63, 3.8) is 0 Å². The highest BCUT2D eigenvalue weighted by Crippen LogP contribution is 2.28. The lowest BCUT2D eigenvalue weighted by Gasteiger charge is -2.32. The normalized spacial score (nSPS) is 14.2. The minimum Gasteiger partial charge on any atom is -0.444 e. The summed E-state index contributed by atoms with van der Waals surface area (Å²) in [6, 6.07) is 10.1. The maximum atomic E-state index is 11.9.